The highest BCUT2D eigenvalue weighted by Gasteiger charge is 2.09. The zero-order chi connectivity index (χ0) is 14.5. The fourth-order valence-corrected chi connectivity index (χ4v) is 2.60. The number of imidazole rings is 1. The van der Waals surface area contributed by atoms with Crippen LogP contribution < -0.4 is 5.32 Å². The van der Waals surface area contributed by atoms with Crippen LogP contribution in [0.3, 0.4) is 0 Å². The number of aromatic nitrogens is 2. The molecule has 20 heavy (non-hydrogen) atoms. The third-order valence-corrected chi connectivity index (χ3v) is 3.67. The highest BCUT2D eigenvalue weighted by atomic mass is 79.9. The van der Waals surface area contributed by atoms with E-state index in [1.807, 2.05) is 12.1 Å². The van der Waals surface area contributed by atoms with E-state index in [-0.39, 0.29) is 0 Å². The van der Waals surface area contributed by atoms with Crippen molar-refractivity contribution >= 4 is 15.9 Å². The molecule has 0 aliphatic rings. The molecule has 1 aromatic carbocycles. The quantitative estimate of drug-likeness (QED) is 0.781. The van der Waals surface area contributed by atoms with Gasteiger partial charge < -0.3 is 10.3 Å². The van der Waals surface area contributed by atoms with Gasteiger partial charge >= 0.3 is 0 Å². The number of hydrogen-bond acceptors (Lipinski definition) is 2. The fraction of sp³-hybridized carbons (Fsp3) is 0.438. The number of aromatic amines is 1. The largest absolute Gasteiger partial charge is 0.346 e. The Morgan fingerprint density at radius 1 is 1.35 bits per heavy atom. The van der Waals surface area contributed by atoms with Crippen LogP contribution in [0.25, 0.3) is 11.3 Å². The van der Waals surface area contributed by atoms with Crippen LogP contribution in [0.15, 0.2) is 28.7 Å². The standard InChI is InChI=1S/C16H22BrN3/c1-11(2)18-9-5-8-15-19-12(3)16(20-15)13-6-4-7-14(17)10-13/h4,6-7,10-11,18H,5,8-9H2,1-3H3,(H,19,20). The summed E-state index contributed by atoms with van der Waals surface area (Å²) in [6.45, 7) is 7.45. The molecule has 0 bridgehead atoms. The van der Waals surface area contributed by atoms with Crippen LogP contribution >= 0.6 is 15.9 Å². The average molecular weight is 336 g/mol. The van der Waals surface area contributed by atoms with Gasteiger partial charge in [0, 0.05) is 28.2 Å². The van der Waals surface area contributed by atoms with Gasteiger partial charge in [0.25, 0.3) is 0 Å². The second-order valence-electron chi connectivity index (χ2n) is 5.38. The molecule has 4 heteroatoms. The first-order chi connectivity index (χ1) is 9.56. The molecule has 0 aliphatic carbocycles. The lowest BCUT2D eigenvalue weighted by Gasteiger charge is -2.06. The predicted octanol–water partition coefficient (Wildman–Crippen LogP) is 4.08. The van der Waals surface area contributed by atoms with E-state index in [0.29, 0.717) is 6.04 Å². The van der Waals surface area contributed by atoms with E-state index in [0.717, 1.165) is 46.6 Å². The maximum atomic E-state index is 4.73. The molecule has 3 nitrogen and oxygen atoms in total. The van der Waals surface area contributed by atoms with Crippen molar-refractivity contribution in [3.63, 3.8) is 0 Å². The van der Waals surface area contributed by atoms with Crippen molar-refractivity contribution in [1.82, 2.24) is 15.3 Å². The van der Waals surface area contributed by atoms with Crippen LogP contribution in [0.1, 0.15) is 31.8 Å². The molecule has 0 saturated heterocycles. The van der Waals surface area contributed by atoms with E-state index < -0.39 is 0 Å². The summed E-state index contributed by atoms with van der Waals surface area (Å²) in [6.07, 6.45) is 2.08. The first kappa shape index (κ1) is 15.3. The molecular formula is C16H22BrN3. The summed E-state index contributed by atoms with van der Waals surface area (Å²) in [5.74, 6) is 1.07. The molecule has 2 N–H and O–H groups in total. The van der Waals surface area contributed by atoms with Crippen LogP contribution in [0.2, 0.25) is 0 Å². The fourth-order valence-electron chi connectivity index (χ4n) is 2.20. The van der Waals surface area contributed by atoms with Crippen molar-refractivity contribution in [2.45, 2.75) is 39.7 Å². The topological polar surface area (TPSA) is 40.7 Å². The summed E-state index contributed by atoms with van der Waals surface area (Å²) >= 11 is 3.51. The second kappa shape index (κ2) is 7.04. The SMILES string of the molecule is Cc1[nH]c(CCCNC(C)C)nc1-c1cccc(Br)c1. The van der Waals surface area contributed by atoms with Crippen LogP contribution in [0.4, 0.5) is 0 Å². The summed E-state index contributed by atoms with van der Waals surface area (Å²) in [7, 11) is 0. The maximum absolute atomic E-state index is 4.73. The minimum absolute atomic E-state index is 0.547. The Kier molecular flexibility index (Phi) is 5.38. The van der Waals surface area contributed by atoms with E-state index in [1.54, 1.807) is 0 Å². The molecule has 0 aliphatic heterocycles. The van der Waals surface area contributed by atoms with E-state index in [4.69, 9.17) is 4.98 Å². The van der Waals surface area contributed by atoms with Gasteiger partial charge in [-0.25, -0.2) is 4.98 Å². The smallest absolute Gasteiger partial charge is 0.107 e. The van der Waals surface area contributed by atoms with Crippen molar-refractivity contribution in [1.29, 1.82) is 0 Å². The van der Waals surface area contributed by atoms with Crippen molar-refractivity contribution in [3.05, 3.63) is 40.3 Å². The number of aryl methyl sites for hydroxylation is 2. The molecule has 108 valence electrons. The Hall–Kier alpha value is -1.13. The lowest BCUT2D eigenvalue weighted by atomic mass is 10.1. The van der Waals surface area contributed by atoms with E-state index in [1.165, 1.54) is 0 Å². The molecule has 0 spiro atoms. The molecule has 0 atom stereocenters. The van der Waals surface area contributed by atoms with Crippen molar-refractivity contribution < 1.29 is 0 Å². The molecule has 1 aromatic heterocycles. The van der Waals surface area contributed by atoms with Crippen LogP contribution in [0, 0.1) is 6.92 Å². The Labute approximate surface area is 129 Å². The minimum Gasteiger partial charge on any atom is -0.346 e. The molecule has 0 saturated carbocycles. The highest BCUT2D eigenvalue weighted by molar-refractivity contribution is 9.10. The summed E-state index contributed by atoms with van der Waals surface area (Å²) < 4.78 is 1.08. The molecule has 2 rings (SSSR count). The normalized spacial score (nSPS) is 11.2. The summed E-state index contributed by atoms with van der Waals surface area (Å²) in [5, 5.41) is 3.43. The first-order valence-electron chi connectivity index (χ1n) is 7.11. The molecule has 1 heterocycles. The Bertz CT molecular complexity index is 561. The highest BCUT2D eigenvalue weighted by Crippen LogP contribution is 2.24. The zero-order valence-electron chi connectivity index (χ0n) is 12.3. The van der Waals surface area contributed by atoms with Gasteiger partial charge in [-0.05, 0) is 32.0 Å². The van der Waals surface area contributed by atoms with Crippen molar-refractivity contribution in [2.24, 2.45) is 0 Å². The average Bonchev–Trinajstić information content (AvgIpc) is 2.76. The number of benzene rings is 1. The molecule has 0 radical (unpaired) electrons. The lowest BCUT2D eigenvalue weighted by molar-refractivity contribution is 0.567. The maximum Gasteiger partial charge on any atom is 0.107 e. The molecule has 0 unspecified atom stereocenters. The number of rotatable bonds is 6. The van der Waals surface area contributed by atoms with Crippen LogP contribution in [0.5, 0.6) is 0 Å². The van der Waals surface area contributed by atoms with Gasteiger partial charge in [0.15, 0.2) is 0 Å². The molecule has 2 aromatic rings. The minimum atomic E-state index is 0.547. The number of nitrogens with zero attached hydrogens (tertiary/aromatic N) is 1. The third kappa shape index (κ3) is 4.18. The number of nitrogens with one attached hydrogen (secondary N) is 2. The van der Waals surface area contributed by atoms with Crippen molar-refractivity contribution in [2.75, 3.05) is 6.54 Å². The van der Waals surface area contributed by atoms with E-state index in [9.17, 15) is 0 Å². The van der Waals surface area contributed by atoms with Crippen LogP contribution in [-0.4, -0.2) is 22.6 Å². The Morgan fingerprint density at radius 3 is 2.85 bits per heavy atom. The number of hydrogen-bond donors (Lipinski definition) is 2. The van der Waals surface area contributed by atoms with E-state index >= 15 is 0 Å². The first-order valence-corrected chi connectivity index (χ1v) is 7.90. The second-order valence-corrected chi connectivity index (χ2v) is 6.30. The van der Waals surface area contributed by atoms with E-state index in [2.05, 4.69) is 59.1 Å². The molecule has 0 amide bonds. The van der Waals surface area contributed by atoms with Gasteiger partial charge in [0.05, 0.1) is 5.69 Å². The zero-order valence-corrected chi connectivity index (χ0v) is 13.9. The summed E-state index contributed by atoms with van der Waals surface area (Å²) in [4.78, 5) is 8.13. The van der Waals surface area contributed by atoms with Gasteiger partial charge in [-0.15, -0.1) is 0 Å². The third-order valence-electron chi connectivity index (χ3n) is 3.17. The van der Waals surface area contributed by atoms with Crippen molar-refractivity contribution in [3.8, 4) is 11.3 Å². The van der Waals surface area contributed by atoms with Gasteiger partial charge in [-0.2, -0.15) is 0 Å². The Morgan fingerprint density at radius 2 is 2.15 bits per heavy atom. The molecular weight excluding hydrogens is 314 g/mol. The lowest BCUT2D eigenvalue weighted by Crippen LogP contribution is -2.24. The summed E-state index contributed by atoms with van der Waals surface area (Å²) in [6, 6.07) is 8.82. The van der Waals surface area contributed by atoms with Crippen LogP contribution in [-0.2, 0) is 6.42 Å². The van der Waals surface area contributed by atoms with Gasteiger partial charge in [-0.1, -0.05) is 41.9 Å². The Balaban J connectivity index is 2.02. The van der Waals surface area contributed by atoms with Gasteiger partial charge in [0.2, 0.25) is 0 Å². The van der Waals surface area contributed by atoms with Gasteiger partial charge in [0.1, 0.15) is 5.82 Å². The number of halogens is 1. The summed E-state index contributed by atoms with van der Waals surface area (Å²) in [5.41, 5.74) is 3.34. The predicted molar refractivity (Wildman–Crippen MR) is 87.9 cm³/mol. The molecule has 0 fully saturated rings. The number of H-pyrrole nitrogens is 1. The monoisotopic (exact) mass is 335 g/mol. The van der Waals surface area contributed by atoms with Gasteiger partial charge in [-0.3, -0.25) is 0 Å².